The number of Topliss-reactive ketones (excluding diaryl/α,β-unsaturated/α-hetero) is 1. The molecule has 142 valence electrons. The zero-order valence-corrected chi connectivity index (χ0v) is 15.2. The molecule has 3 heterocycles. The molecule has 7 fully saturated rings. The Morgan fingerprint density at radius 3 is 3.07 bits per heavy atom. The predicted octanol–water partition coefficient (Wildman–Crippen LogP) is 0.146. The molecule has 6 saturated carbocycles. The third kappa shape index (κ3) is 1.25. The molecule has 0 spiro atoms. The van der Waals surface area contributed by atoms with Crippen molar-refractivity contribution in [3.8, 4) is 0 Å². The first-order valence-electron chi connectivity index (χ1n) is 10.5. The number of ketones is 1. The monoisotopic (exact) mass is 376 g/mol. The maximum absolute atomic E-state index is 13.4. The van der Waals surface area contributed by atoms with Gasteiger partial charge in [0, 0.05) is 31.0 Å². The van der Waals surface area contributed by atoms with Gasteiger partial charge in [0.1, 0.15) is 17.9 Å². The predicted molar refractivity (Wildman–Crippen MR) is 96.0 cm³/mol. The summed E-state index contributed by atoms with van der Waals surface area (Å²) in [6.45, 7) is 1.62. The maximum atomic E-state index is 13.4. The highest BCUT2D eigenvalue weighted by Gasteiger charge is 2.96. The van der Waals surface area contributed by atoms with Crippen molar-refractivity contribution >= 4 is 23.2 Å². The van der Waals surface area contributed by atoms with Crippen molar-refractivity contribution in [3.63, 3.8) is 0 Å². The quantitative estimate of drug-likeness (QED) is 0.820. The number of carbonyl (C=O) groups excluding carboxylic acids is 2. The van der Waals surface area contributed by atoms with E-state index in [1.165, 1.54) is 6.42 Å². The Kier molecular flexibility index (Phi) is 2.19. The summed E-state index contributed by atoms with van der Waals surface area (Å²) < 4.78 is 1.68. The van der Waals surface area contributed by atoms with Crippen LogP contribution in [0.15, 0.2) is 18.5 Å². The number of fused-ring (bicyclic) bond motifs is 1. The van der Waals surface area contributed by atoms with Gasteiger partial charge in [-0.3, -0.25) is 9.59 Å². The molecule has 2 aromatic rings. The fourth-order valence-electron chi connectivity index (χ4n) is 8.70. The second kappa shape index (κ2) is 4.23. The molecule has 9 atom stereocenters. The molecule has 0 radical (unpaired) electrons. The zero-order chi connectivity index (χ0) is 18.4. The Hall–Kier alpha value is -2.51. The molecule has 2 aromatic heterocycles. The van der Waals surface area contributed by atoms with E-state index < -0.39 is 0 Å². The van der Waals surface area contributed by atoms with E-state index in [1.807, 2.05) is 12.1 Å². The molecule has 1 aliphatic heterocycles. The first kappa shape index (κ1) is 14.5. The molecule has 6 aliphatic carbocycles. The Balaban J connectivity index is 1.03. The van der Waals surface area contributed by atoms with Crippen molar-refractivity contribution in [2.75, 3.05) is 18.0 Å². The fraction of sp³-hybridized carbons (Fsp3) is 0.650. The Morgan fingerprint density at radius 1 is 1.25 bits per heavy atom. The molecule has 28 heavy (non-hydrogen) atoms. The summed E-state index contributed by atoms with van der Waals surface area (Å²) in [6.07, 6.45) is 3.73. The number of nitrogens with zero attached hydrogens (tertiary/aromatic N) is 5. The lowest BCUT2D eigenvalue weighted by Crippen LogP contribution is -2.75. The standard InChI is InChI=1S/C20H20N6O2/c27-18-14-9-5-10-15-13(9)17(18)20(15,16(10)14)19(28)22-8-3-4-25(6-8)12-2-1-11-23-21-7-26(11)24-12/h1-2,7-10,13-17H,3-6H2,(H,22,28). The van der Waals surface area contributed by atoms with Crippen LogP contribution in [0.25, 0.3) is 5.65 Å². The van der Waals surface area contributed by atoms with Gasteiger partial charge < -0.3 is 10.2 Å². The number of anilines is 1. The SMILES string of the molecule is O=C1C2C3CC4C2C2(C(=O)NC5CCN(c6ccc7nncn7n6)C5)C1C3C42. The van der Waals surface area contributed by atoms with Crippen molar-refractivity contribution in [3.05, 3.63) is 18.5 Å². The second-order valence-electron chi connectivity index (χ2n) is 9.76. The van der Waals surface area contributed by atoms with Gasteiger partial charge in [0.2, 0.25) is 5.91 Å². The van der Waals surface area contributed by atoms with Crippen LogP contribution in [0.2, 0.25) is 0 Å². The van der Waals surface area contributed by atoms with E-state index >= 15 is 0 Å². The topological polar surface area (TPSA) is 92.5 Å². The van der Waals surface area contributed by atoms with Crippen molar-refractivity contribution in [2.24, 2.45) is 46.8 Å². The number of hydrogen-bond acceptors (Lipinski definition) is 6. The summed E-state index contributed by atoms with van der Waals surface area (Å²) in [5.74, 6) is 4.55. The smallest absolute Gasteiger partial charge is 0.227 e. The Morgan fingerprint density at radius 2 is 2.18 bits per heavy atom. The summed E-state index contributed by atoms with van der Waals surface area (Å²) >= 11 is 0. The lowest BCUT2D eigenvalue weighted by atomic mass is 9.31. The van der Waals surface area contributed by atoms with Crippen LogP contribution in [0.1, 0.15) is 12.8 Å². The lowest BCUT2D eigenvalue weighted by Gasteiger charge is -2.70. The average molecular weight is 376 g/mol. The van der Waals surface area contributed by atoms with E-state index in [4.69, 9.17) is 0 Å². The van der Waals surface area contributed by atoms with Crippen LogP contribution in [0.4, 0.5) is 5.82 Å². The molecule has 7 aliphatic rings. The van der Waals surface area contributed by atoms with Gasteiger partial charge in [-0.05, 0) is 54.6 Å². The van der Waals surface area contributed by atoms with Crippen LogP contribution >= 0.6 is 0 Å². The van der Waals surface area contributed by atoms with Gasteiger partial charge in [-0.2, -0.15) is 4.52 Å². The molecule has 1 amide bonds. The molecule has 1 N–H and O–H groups in total. The van der Waals surface area contributed by atoms with Gasteiger partial charge in [-0.15, -0.1) is 15.3 Å². The molecular weight excluding hydrogens is 356 g/mol. The normalized spacial score (nSPS) is 48.4. The number of aromatic nitrogens is 4. The fourth-order valence-corrected chi connectivity index (χ4v) is 8.70. The van der Waals surface area contributed by atoms with E-state index in [0.717, 1.165) is 31.0 Å². The second-order valence-corrected chi connectivity index (χ2v) is 9.76. The molecule has 8 nitrogen and oxygen atoms in total. The van der Waals surface area contributed by atoms with E-state index in [2.05, 4.69) is 25.5 Å². The third-order valence-corrected chi connectivity index (χ3v) is 9.25. The average Bonchev–Trinajstić information content (AvgIpc) is 3.45. The molecule has 9 rings (SSSR count). The summed E-state index contributed by atoms with van der Waals surface area (Å²) in [7, 11) is 0. The molecule has 8 heteroatoms. The zero-order valence-electron chi connectivity index (χ0n) is 15.2. The Bertz CT molecular complexity index is 1100. The van der Waals surface area contributed by atoms with Crippen molar-refractivity contribution < 1.29 is 9.59 Å². The third-order valence-electron chi connectivity index (χ3n) is 9.25. The van der Waals surface area contributed by atoms with Gasteiger partial charge in [0.05, 0.1) is 5.41 Å². The van der Waals surface area contributed by atoms with E-state index in [0.29, 0.717) is 35.4 Å². The van der Waals surface area contributed by atoms with Crippen LogP contribution in [0, 0.1) is 46.8 Å². The number of nitrogens with one attached hydrogen (secondary N) is 1. The van der Waals surface area contributed by atoms with Crippen molar-refractivity contribution in [1.29, 1.82) is 0 Å². The van der Waals surface area contributed by atoms with E-state index in [-0.39, 0.29) is 29.2 Å². The van der Waals surface area contributed by atoms with Crippen LogP contribution in [-0.4, -0.2) is 50.6 Å². The van der Waals surface area contributed by atoms with Gasteiger partial charge in [0.25, 0.3) is 0 Å². The number of amides is 1. The van der Waals surface area contributed by atoms with Crippen molar-refractivity contribution in [1.82, 2.24) is 25.1 Å². The van der Waals surface area contributed by atoms with Crippen molar-refractivity contribution in [2.45, 2.75) is 18.9 Å². The maximum Gasteiger partial charge on any atom is 0.227 e. The first-order chi connectivity index (χ1) is 13.7. The number of rotatable bonds is 3. The highest BCUT2D eigenvalue weighted by atomic mass is 16.2. The minimum atomic E-state index is -0.308. The summed E-state index contributed by atoms with van der Waals surface area (Å²) in [5.41, 5.74) is 0.418. The minimum Gasteiger partial charge on any atom is -0.353 e. The molecule has 9 unspecified atom stereocenters. The lowest BCUT2D eigenvalue weighted by molar-refractivity contribution is -0.249. The first-order valence-corrected chi connectivity index (χ1v) is 10.5. The van der Waals surface area contributed by atoms with Crippen LogP contribution in [0.5, 0.6) is 0 Å². The number of hydrogen-bond donors (Lipinski definition) is 1. The van der Waals surface area contributed by atoms with E-state index in [9.17, 15) is 9.59 Å². The molecular formula is C20H20N6O2. The van der Waals surface area contributed by atoms with Crippen LogP contribution in [-0.2, 0) is 9.59 Å². The highest BCUT2D eigenvalue weighted by Crippen LogP contribution is 2.92. The van der Waals surface area contributed by atoms with Gasteiger partial charge in [0.15, 0.2) is 5.65 Å². The summed E-state index contributed by atoms with van der Waals surface area (Å²) in [5, 5.41) is 15.8. The van der Waals surface area contributed by atoms with Gasteiger partial charge in [-0.1, -0.05) is 0 Å². The summed E-state index contributed by atoms with van der Waals surface area (Å²) in [6, 6.07) is 4.00. The van der Waals surface area contributed by atoms with Crippen LogP contribution in [0.3, 0.4) is 0 Å². The van der Waals surface area contributed by atoms with E-state index in [1.54, 1.807) is 10.8 Å². The molecule has 0 aromatic carbocycles. The molecule has 1 saturated heterocycles. The summed E-state index contributed by atoms with van der Waals surface area (Å²) in [4.78, 5) is 28.3. The molecule has 4 bridgehead atoms. The van der Waals surface area contributed by atoms with Gasteiger partial charge in [-0.25, -0.2) is 0 Å². The largest absolute Gasteiger partial charge is 0.353 e. The van der Waals surface area contributed by atoms with Crippen LogP contribution < -0.4 is 10.2 Å². The highest BCUT2D eigenvalue weighted by molar-refractivity contribution is 6.04. The Labute approximate surface area is 160 Å². The minimum absolute atomic E-state index is 0.0616. The number of carbonyl (C=O) groups is 2. The van der Waals surface area contributed by atoms with Gasteiger partial charge >= 0.3 is 0 Å².